The van der Waals surface area contributed by atoms with E-state index in [0.717, 1.165) is 16.9 Å². The van der Waals surface area contributed by atoms with E-state index >= 15 is 0 Å². The molecule has 1 aliphatic heterocycles. The van der Waals surface area contributed by atoms with E-state index in [1.165, 1.54) is 24.3 Å². The molecule has 2 amide bonds. The third-order valence-corrected chi connectivity index (χ3v) is 6.01. The number of hydrazone groups is 1. The van der Waals surface area contributed by atoms with Crippen LogP contribution in [0.25, 0.3) is 0 Å². The number of anilines is 1. The molecule has 1 aliphatic rings. The monoisotopic (exact) mass is 454 g/mol. The number of carbonyl (C=O) groups excluding carboxylic acids is 3. The van der Waals surface area contributed by atoms with E-state index in [4.69, 9.17) is 0 Å². The van der Waals surface area contributed by atoms with Crippen LogP contribution in [0.4, 0.5) is 5.69 Å². The average molecular weight is 455 g/mol. The number of nitrogens with zero attached hydrogens (tertiary/aromatic N) is 2. The molecule has 0 saturated carbocycles. The van der Waals surface area contributed by atoms with Crippen LogP contribution in [-0.4, -0.2) is 30.6 Å². The van der Waals surface area contributed by atoms with Crippen LogP contribution in [0, 0.1) is 0 Å². The summed E-state index contributed by atoms with van der Waals surface area (Å²) in [5, 5.41) is 5.75. The van der Waals surface area contributed by atoms with Crippen LogP contribution in [0.15, 0.2) is 52.8 Å². The van der Waals surface area contributed by atoms with Crippen LogP contribution < -0.4 is 15.9 Å². The van der Waals surface area contributed by atoms with Crippen molar-refractivity contribution in [3.63, 3.8) is 0 Å². The summed E-state index contributed by atoms with van der Waals surface area (Å²) in [6, 6.07) is 10.8. The predicted octanol–water partition coefficient (Wildman–Crippen LogP) is 3.76. The maximum Gasteiger partial charge on any atom is 0.348 e. The molecular formula is C23H26N4O4S. The van der Waals surface area contributed by atoms with E-state index in [1.54, 1.807) is 13.8 Å². The van der Waals surface area contributed by atoms with Crippen molar-refractivity contribution in [2.75, 3.05) is 12.1 Å². The lowest BCUT2D eigenvalue weighted by Crippen LogP contribution is -2.37. The molecule has 2 N–H and O–H groups in total. The average Bonchev–Trinajstić information content (AvgIpc) is 3.35. The van der Waals surface area contributed by atoms with Gasteiger partial charge < -0.3 is 10.2 Å². The van der Waals surface area contributed by atoms with Crippen molar-refractivity contribution in [2.45, 2.75) is 40.0 Å². The Morgan fingerprint density at radius 3 is 2.25 bits per heavy atom. The van der Waals surface area contributed by atoms with Gasteiger partial charge in [-0.1, -0.05) is 32.9 Å². The van der Waals surface area contributed by atoms with E-state index in [2.05, 4.69) is 41.5 Å². The molecule has 2 heterocycles. The molecule has 8 nitrogen and oxygen atoms in total. The molecule has 1 aromatic carbocycles. The highest BCUT2D eigenvalue weighted by atomic mass is 32.1. The van der Waals surface area contributed by atoms with Gasteiger partial charge in [0.25, 0.3) is 11.8 Å². The molecule has 3 rings (SSSR count). The zero-order valence-corrected chi connectivity index (χ0v) is 19.7. The maximum atomic E-state index is 13.0. The normalized spacial score (nSPS) is 15.4. The van der Waals surface area contributed by atoms with E-state index in [9.17, 15) is 14.4 Å². The summed E-state index contributed by atoms with van der Waals surface area (Å²) in [6.07, 6.45) is 0. The van der Waals surface area contributed by atoms with Crippen molar-refractivity contribution in [1.82, 2.24) is 10.9 Å². The molecule has 0 spiro atoms. The molecule has 1 aromatic heterocycles. The van der Waals surface area contributed by atoms with Crippen molar-refractivity contribution in [3.8, 4) is 0 Å². The second-order valence-corrected chi connectivity index (χ2v) is 9.42. The number of amides is 2. The number of carbonyl (C=O) groups is 3. The van der Waals surface area contributed by atoms with E-state index < -0.39 is 11.9 Å². The molecule has 0 radical (unpaired) electrons. The Bertz CT molecular complexity index is 1120. The number of hydrogen-bond acceptors (Lipinski definition) is 7. The molecule has 32 heavy (non-hydrogen) atoms. The first-order valence-electron chi connectivity index (χ1n) is 9.99. The molecule has 0 bridgehead atoms. The highest BCUT2D eigenvalue weighted by Crippen LogP contribution is 2.28. The summed E-state index contributed by atoms with van der Waals surface area (Å²) in [5.74, 6) is -1.21. The fourth-order valence-electron chi connectivity index (χ4n) is 3.16. The lowest BCUT2D eigenvalue weighted by atomic mass is 9.87. The lowest BCUT2D eigenvalue weighted by Gasteiger charge is -2.20. The summed E-state index contributed by atoms with van der Waals surface area (Å²) in [6.45, 7) is 9.81. The van der Waals surface area contributed by atoms with Gasteiger partial charge in [-0.2, -0.15) is 10.1 Å². The molecular weight excluding hydrogens is 428 g/mol. The van der Waals surface area contributed by atoms with Crippen LogP contribution in [0.1, 0.15) is 59.5 Å². The summed E-state index contributed by atoms with van der Waals surface area (Å²) in [7, 11) is 1.28. The van der Waals surface area contributed by atoms with Gasteiger partial charge in [-0.05, 0) is 49.1 Å². The van der Waals surface area contributed by atoms with Gasteiger partial charge in [0.05, 0.1) is 29.0 Å². The molecule has 168 valence electrons. The Morgan fingerprint density at radius 2 is 1.66 bits per heavy atom. The number of thiophene rings is 1. The Morgan fingerprint density at radius 1 is 1.03 bits per heavy atom. The van der Waals surface area contributed by atoms with Gasteiger partial charge in [0.1, 0.15) is 4.88 Å². The summed E-state index contributed by atoms with van der Waals surface area (Å²) < 4.78 is 4.65. The molecule has 0 atom stereocenters. The quantitative estimate of drug-likeness (QED) is 0.407. The number of allylic oxidation sites excluding steroid dienone is 1. The largest absolute Gasteiger partial charge is 0.465 e. The Balaban J connectivity index is 1.72. The highest BCUT2D eigenvalue weighted by Gasteiger charge is 2.31. The van der Waals surface area contributed by atoms with Crippen molar-refractivity contribution in [3.05, 3.63) is 63.0 Å². The summed E-state index contributed by atoms with van der Waals surface area (Å²) >= 11 is 1.02. The number of methoxy groups -OCH3 is 1. The van der Waals surface area contributed by atoms with E-state index in [-0.39, 0.29) is 11.3 Å². The minimum Gasteiger partial charge on any atom is -0.465 e. The third kappa shape index (κ3) is 4.72. The van der Waals surface area contributed by atoms with Crippen LogP contribution in [-0.2, 0) is 14.9 Å². The Kier molecular flexibility index (Phi) is 6.50. The van der Waals surface area contributed by atoms with Gasteiger partial charge in [-0.15, -0.1) is 11.3 Å². The maximum absolute atomic E-state index is 13.0. The van der Waals surface area contributed by atoms with Gasteiger partial charge in [0.2, 0.25) is 0 Å². The number of benzene rings is 1. The number of esters is 1. The molecule has 0 saturated heterocycles. The van der Waals surface area contributed by atoms with Gasteiger partial charge in [-0.3, -0.25) is 15.0 Å². The Hall–Kier alpha value is -3.46. The van der Waals surface area contributed by atoms with Crippen molar-refractivity contribution in [1.29, 1.82) is 0 Å². The van der Waals surface area contributed by atoms with Gasteiger partial charge in [-0.25, -0.2) is 4.79 Å². The standard InChI is InChI=1S/C23H26N4O4S/c1-13(24-25-20(28)17-11-12-18(32-17)22(30)31-6)19-14(2)26-27(21(19)29)16-9-7-15(8-10-16)23(3,4)5/h7-12,24H,1-6H3,(H,25,28). The topological polar surface area (TPSA) is 100 Å². The second kappa shape index (κ2) is 8.96. The highest BCUT2D eigenvalue weighted by molar-refractivity contribution is 7.15. The second-order valence-electron chi connectivity index (χ2n) is 8.33. The zero-order valence-electron chi connectivity index (χ0n) is 18.9. The smallest absolute Gasteiger partial charge is 0.348 e. The number of nitrogens with one attached hydrogen (secondary N) is 2. The van der Waals surface area contributed by atoms with Crippen LogP contribution >= 0.6 is 11.3 Å². The Labute approximate surface area is 190 Å². The summed E-state index contributed by atoms with van der Waals surface area (Å²) in [4.78, 5) is 37.6. The van der Waals surface area contributed by atoms with Gasteiger partial charge >= 0.3 is 5.97 Å². The molecule has 0 unspecified atom stereocenters. The number of rotatable bonds is 5. The van der Waals surface area contributed by atoms with Crippen LogP contribution in [0.2, 0.25) is 0 Å². The minimum atomic E-state index is -0.501. The first-order valence-corrected chi connectivity index (χ1v) is 10.8. The SMILES string of the molecule is COC(=O)c1ccc(C(=O)NNC(C)=C2C(=O)N(c3ccc(C(C)(C)C)cc3)N=C2C)s1. The molecule has 2 aromatic rings. The van der Waals surface area contributed by atoms with E-state index in [0.29, 0.717) is 32.4 Å². The van der Waals surface area contributed by atoms with Crippen LogP contribution in [0.5, 0.6) is 0 Å². The first kappa shape index (κ1) is 23.2. The van der Waals surface area contributed by atoms with Gasteiger partial charge in [0.15, 0.2) is 0 Å². The van der Waals surface area contributed by atoms with Crippen molar-refractivity contribution in [2.24, 2.45) is 5.10 Å². The molecule has 0 fully saturated rings. The third-order valence-electron chi connectivity index (χ3n) is 4.95. The van der Waals surface area contributed by atoms with E-state index in [1.807, 2.05) is 24.3 Å². The predicted molar refractivity (Wildman–Crippen MR) is 125 cm³/mol. The number of hydrazine groups is 1. The summed E-state index contributed by atoms with van der Waals surface area (Å²) in [5.41, 5.74) is 8.55. The molecule has 0 aliphatic carbocycles. The number of ether oxygens (including phenoxy) is 1. The van der Waals surface area contributed by atoms with Gasteiger partial charge in [0, 0.05) is 5.70 Å². The first-order chi connectivity index (χ1) is 15.0. The molecule has 9 heteroatoms. The minimum absolute atomic E-state index is 0.0106. The fraction of sp³-hybridized carbons (Fsp3) is 0.304. The number of hydrogen-bond donors (Lipinski definition) is 2. The zero-order chi connectivity index (χ0) is 23.6. The fourth-order valence-corrected chi connectivity index (χ4v) is 3.98. The van der Waals surface area contributed by atoms with Crippen LogP contribution in [0.3, 0.4) is 0 Å². The van der Waals surface area contributed by atoms with Crippen molar-refractivity contribution >= 4 is 40.5 Å². The van der Waals surface area contributed by atoms with Crippen molar-refractivity contribution < 1.29 is 19.1 Å². The lowest BCUT2D eigenvalue weighted by molar-refractivity contribution is -0.114.